The lowest BCUT2D eigenvalue weighted by molar-refractivity contribution is 0.0783. The van der Waals surface area contributed by atoms with Gasteiger partial charge in [-0.2, -0.15) is 0 Å². The number of hydrogen-bond donors (Lipinski definition) is 1. The summed E-state index contributed by atoms with van der Waals surface area (Å²) in [4.78, 5) is 22.5. The molecule has 0 aliphatic carbocycles. The number of carbonyl (C=O) groups is 1. The van der Waals surface area contributed by atoms with Crippen LogP contribution in [0, 0.1) is 18.6 Å². The smallest absolute Gasteiger partial charge is 0.273 e. The second kappa shape index (κ2) is 7.82. The number of nitrogens with zero attached hydrogens (tertiary/aromatic N) is 3. The molecule has 3 aromatic rings. The van der Waals surface area contributed by atoms with Crippen molar-refractivity contribution < 1.29 is 13.6 Å². The predicted molar refractivity (Wildman–Crippen MR) is 111 cm³/mol. The quantitative estimate of drug-likeness (QED) is 0.654. The van der Waals surface area contributed by atoms with Crippen molar-refractivity contribution in [1.82, 2.24) is 14.9 Å². The Kier molecular flexibility index (Phi) is 5.20. The molecule has 0 saturated heterocycles. The van der Waals surface area contributed by atoms with Crippen LogP contribution in [-0.2, 0) is 6.54 Å². The van der Waals surface area contributed by atoms with Crippen LogP contribution in [-0.4, -0.2) is 27.3 Å². The number of aromatic nitrogens is 2. The van der Waals surface area contributed by atoms with Gasteiger partial charge in [-0.15, -0.1) is 0 Å². The van der Waals surface area contributed by atoms with Gasteiger partial charge in [0, 0.05) is 17.7 Å². The highest BCUT2D eigenvalue weighted by molar-refractivity contribution is 5.97. The molecule has 154 valence electrons. The Morgan fingerprint density at radius 1 is 1.13 bits per heavy atom. The van der Waals surface area contributed by atoms with Crippen molar-refractivity contribution in [3.63, 3.8) is 0 Å². The fourth-order valence-electron chi connectivity index (χ4n) is 3.67. The van der Waals surface area contributed by atoms with Crippen LogP contribution >= 0.6 is 0 Å². The predicted octanol–water partition coefficient (Wildman–Crippen LogP) is 4.88. The first-order chi connectivity index (χ1) is 14.4. The van der Waals surface area contributed by atoms with Crippen molar-refractivity contribution >= 4 is 11.7 Å². The maximum Gasteiger partial charge on any atom is 0.273 e. The maximum absolute atomic E-state index is 14.8. The second-order valence-corrected chi connectivity index (χ2v) is 7.44. The van der Waals surface area contributed by atoms with E-state index in [1.807, 2.05) is 19.9 Å². The first kappa shape index (κ1) is 19.9. The molecule has 1 aliphatic rings. The van der Waals surface area contributed by atoms with Gasteiger partial charge in [-0.25, -0.2) is 18.7 Å². The average Bonchev–Trinajstić information content (AvgIpc) is 3.07. The van der Waals surface area contributed by atoms with Crippen LogP contribution < -0.4 is 5.32 Å². The van der Waals surface area contributed by atoms with Gasteiger partial charge < -0.3 is 10.2 Å². The van der Waals surface area contributed by atoms with E-state index in [2.05, 4.69) is 15.3 Å². The number of anilines is 1. The van der Waals surface area contributed by atoms with Gasteiger partial charge in [-0.05, 0) is 55.7 Å². The minimum Gasteiger partial charge on any atom is -0.363 e. The fraction of sp³-hybridized carbons (Fsp3) is 0.261. The monoisotopic (exact) mass is 408 g/mol. The third-order valence-electron chi connectivity index (χ3n) is 5.48. The van der Waals surface area contributed by atoms with E-state index in [-0.39, 0.29) is 23.6 Å². The van der Waals surface area contributed by atoms with Crippen molar-refractivity contribution in [3.8, 4) is 11.1 Å². The van der Waals surface area contributed by atoms with Crippen LogP contribution in [0.4, 0.5) is 14.6 Å². The van der Waals surface area contributed by atoms with Gasteiger partial charge in [0.2, 0.25) is 0 Å². The molecule has 1 amide bonds. The summed E-state index contributed by atoms with van der Waals surface area (Å²) in [5, 5.41) is 3.28. The highest BCUT2D eigenvalue weighted by Crippen LogP contribution is 2.31. The molecular weight excluding hydrogens is 386 g/mol. The van der Waals surface area contributed by atoms with Crippen molar-refractivity contribution in [3.05, 3.63) is 76.7 Å². The summed E-state index contributed by atoms with van der Waals surface area (Å²) >= 11 is 0. The lowest BCUT2D eigenvalue weighted by Crippen LogP contribution is -2.23. The summed E-state index contributed by atoms with van der Waals surface area (Å²) in [5.74, 6) is -0.218. The van der Waals surface area contributed by atoms with Crippen LogP contribution in [0.3, 0.4) is 0 Å². The van der Waals surface area contributed by atoms with Gasteiger partial charge in [0.1, 0.15) is 29.5 Å². The van der Waals surface area contributed by atoms with Gasteiger partial charge in [0.05, 0.1) is 12.6 Å². The molecule has 2 heterocycles. The molecule has 1 N–H and O–H groups in total. The molecule has 0 unspecified atom stereocenters. The number of carbonyl (C=O) groups excluding carboxylic acids is 1. The molecule has 0 saturated carbocycles. The Balaban J connectivity index is 1.58. The normalized spacial score (nSPS) is 14.0. The lowest BCUT2D eigenvalue weighted by atomic mass is 9.99. The second-order valence-electron chi connectivity index (χ2n) is 7.44. The summed E-state index contributed by atoms with van der Waals surface area (Å²) in [6, 6.07) is 9.31. The van der Waals surface area contributed by atoms with Gasteiger partial charge in [-0.1, -0.05) is 18.2 Å². The van der Waals surface area contributed by atoms with E-state index >= 15 is 0 Å². The van der Waals surface area contributed by atoms with Crippen molar-refractivity contribution in [2.24, 2.45) is 0 Å². The molecule has 1 aromatic heterocycles. The Morgan fingerprint density at radius 2 is 1.93 bits per heavy atom. The van der Waals surface area contributed by atoms with Crippen molar-refractivity contribution in [2.45, 2.75) is 33.4 Å². The lowest BCUT2D eigenvalue weighted by Gasteiger charge is -2.18. The molecule has 1 aliphatic heterocycles. The summed E-state index contributed by atoms with van der Waals surface area (Å²) in [5.41, 5.74) is 3.43. The minimum atomic E-state index is -0.382. The number of hydrogen-bond acceptors (Lipinski definition) is 4. The number of rotatable bonds is 5. The first-order valence-electron chi connectivity index (χ1n) is 9.84. The third kappa shape index (κ3) is 3.51. The Hall–Kier alpha value is -3.35. The molecule has 30 heavy (non-hydrogen) atoms. The number of amides is 1. The Bertz CT molecular complexity index is 1130. The number of benzene rings is 2. The summed E-state index contributed by atoms with van der Waals surface area (Å²) in [6.07, 6.45) is 1.37. The molecule has 2 aromatic carbocycles. The average molecular weight is 408 g/mol. The zero-order chi connectivity index (χ0) is 21.4. The molecule has 5 nitrogen and oxygen atoms in total. The fourth-order valence-corrected chi connectivity index (χ4v) is 3.67. The van der Waals surface area contributed by atoms with E-state index in [0.717, 1.165) is 11.1 Å². The molecule has 1 atom stereocenters. The van der Waals surface area contributed by atoms with Crippen LogP contribution in [0.2, 0.25) is 0 Å². The minimum absolute atomic E-state index is 0.101. The van der Waals surface area contributed by atoms with Gasteiger partial charge >= 0.3 is 0 Å². The van der Waals surface area contributed by atoms with Crippen LogP contribution in [0.25, 0.3) is 11.1 Å². The third-order valence-corrected chi connectivity index (χ3v) is 5.48. The molecule has 0 fully saturated rings. The van der Waals surface area contributed by atoms with Crippen LogP contribution in [0.15, 0.2) is 42.7 Å². The summed E-state index contributed by atoms with van der Waals surface area (Å²) < 4.78 is 28.4. The largest absolute Gasteiger partial charge is 0.363 e. The Labute approximate surface area is 173 Å². The standard InChI is InChI=1S/C23H22F2N4O/c1-4-29-11-18-21(23(29)30)26-12-27-22(18)28-14(3)15-5-7-17(20(25)10-15)16-6-8-19(24)13(2)9-16/h5-10,12,14H,4,11H2,1-3H3,(H,26,27,28)/t14-/m0/s1. The zero-order valence-corrected chi connectivity index (χ0v) is 17.0. The topological polar surface area (TPSA) is 58.1 Å². The van der Waals surface area contributed by atoms with E-state index in [9.17, 15) is 13.6 Å². The van der Waals surface area contributed by atoms with Gasteiger partial charge in [0.15, 0.2) is 0 Å². The molecular formula is C23H22F2N4O. The van der Waals surface area contributed by atoms with E-state index in [0.29, 0.717) is 41.3 Å². The van der Waals surface area contributed by atoms with Gasteiger partial charge in [-0.3, -0.25) is 4.79 Å². The molecule has 4 rings (SSSR count). The van der Waals surface area contributed by atoms with E-state index < -0.39 is 0 Å². The Morgan fingerprint density at radius 3 is 2.63 bits per heavy atom. The van der Waals surface area contributed by atoms with E-state index in [1.165, 1.54) is 18.5 Å². The number of fused-ring (bicyclic) bond motifs is 1. The summed E-state index contributed by atoms with van der Waals surface area (Å²) in [7, 11) is 0. The highest BCUT2D eigenvalue weighted by Gasteiger charge is 2.30. The SMILES string of the molecule is CCN1Cc2c(N[C@@H](C)c3ccc(-c4ccc(F)c(C)c4)c(F)c3)ncnc2C1=O. The molecule has 0 spiro atoms. The number of nitrogens with one attached hydrogen (secondary N) is 1. The van der Waals surface area contributed by atoms with Crippen molar-refractivity contribution in [2.75, 3.05) is 11.9 Å². The molecule has 7 heteroatoms. The van der Waals surface area contributed by atoms with Crippen molar-refractivity contribution in [1.29, 1.82) is 0 Å². The highest BCUT2D eigenvalue weighted by atomic mass is 19.1. The number of aryl methyl sites for hydroxylation is 1. The number of halogens is 2. The van der Waals surface area contributed by atoms with Gasteiger partial charge in [0.25, 0.3) is 5.91 Å². The first-order valence-corrected chi connectivity index (χ1v) is 9.84. The zero-order valence-electron chi connectivity index (χ0n) is 17.0. The molecule has 0 radical (unpaired) electrons. The molecule has 0 bridgehead atoms. The van der Waals surface area contributed by atoms with E-state index in [1.54, 1.807) is 30.0 Å². The van der Waals surface area contributed by atoms with E-state index in [4.69, 9.17) is 0 Å². The maximum atomic E-state index is 14.8. The van der Waals surface area contributed by atoms with Crippen LogP contribution in [0.1, 0.15) is 47.1 Å². The summed E-state index contributed by atoms with van der Waals surface area (Å²) in [6.45, 7) is 6.53. The van der Waals surface area contributed by atoms with Crippen LogP contribution in [0.5, 0.6) is 0 Å².